The minimum atomic E-state index is -1.07. The molecule has 2 unspecified atom stereocenters. The Hall–Kier alpha value is -0.690. The molecular formula is C24H48O6. The Morgan fingerprint density at radius 1 is 0.700 bits per heavy atom. The Morgan fingerprint density at radius 3 is 1.33 bits per heavy atom. The molecule has 0 aromatic carbocycles. The fourth-order valence-corrected chi connectivity index (χ4v) is 5.01. The second-order valence-electron chi connectivity index (χ2n) is 11.7. The molecule has 0 aromatic rings. The minimum absolute atomic E-state index is 0.0509. The van der Waals surface area contributed by atoms with E-state index < -0.39 is 45.8 Å². The molecule has 0 spiro atoms. The monoisotopic (exact) mass is 432 g/mol. The summed E-state index contributed by atoms with van der Waals surface area (Å²) in [5.41, 5.74) is -5.30. The number of aliphatic hydroxyl groups is 2. The van der Waals surface area contributed by atoms with Gasteiger partial charge in [-0.3, -0.25) is 0 Å². The Labute approximate surface area is 184 Å². The van der Waals surface area contributed by atoms with Crippen LogP contribution in [0.3, 0.4) is 0 Å². The molecule has 30 heavy (non-hydrogen) atoms. The largest absolute Gasteiger partial charge is 0.457 e. The van der Waals surface area contributed by atoms with Gasteiger partial charge in [-0.1, -0.05) is 41.5 Å². The van der Waals surface area contributed by atoms with Gasteiger partial charge in [0.15, 0.2) is 6.61 Å². The zero-order chi connectivity index (χ0) is 24.6. The summed E-state index contributed by atoms with van der Waals surface area (Å²) in [6.45, 7) is 25.7. The van der Waals surface area contributed by atoms with E-state index in [2.05, 4.69) is 0 Å². The quantitative estimate of drug-likeness (QED) is 0.274. The molecule has 0 saturated carbocycles. The van der Waals surface area contributed by atoms with E-state index in [1.54, 1.807) is 41.5 Å². The molecule has 6 heteroatoms. The summed E-state index contributed by atoms with van der Waals surface area (Å²) in [7, 11) is 0. The average Bonchev–Trinajstić information content (AvgIpc) is 2.49. The van der Waals surface area contributed by atoms with Gasteiger partial charge in [0, 0.05) is 10.8 Å². The van der Waals surface area contributed by atoms with E-state index in [1.165, 1.54) is 0 Å². The predicted octanol–water partition coefficient (Wildman–Crippen LogP) is 4.90. The summed E-state index contributed by atoms with van der Waals surface area (Å²) < 4.78 is 5.75. The van der Waals surface area contributed by atoms with Crippen molar-refractivity contribution < 1.29 is 29.5 Å². The van der Waals surface area contributed by atoms with Gasteiger partial charge in [0.1, 0.15) is 11.2 Å². The van der Waals surface area contributed by atoms with Crippen LogP contribution in [0.25, 0.3) is 0 Å². The van der Waals surface area contributed by atoms with Crippen LogP contribution < -0.4 is 0 Å². The maximum atomic E-state index is 12.6. The molecule has 6 nitrogen and oxygen atoms in total. The first-order valence-corrected chi connectivity index (χ1v) is 11.0. The Kier molecular flexibility index (Phi) is 8.84. The topological polar surface area (TPSA) is 85.2 Å². The van der Waals surface area contributed by atoms with Crippen LogP contribution in [0.15, 0.2) is 0 Å². The number of hydrogen-bond acceptors (Lipinski definition) is 6. The third-order valence-corrected chi connectivity index (χ3v) is 8.17. The van der Waals surface area contributed by atoms with E-state index in [1.807, 2.05) is 55.4 Å². The van der Waals surface area contributed by atoms with Gasteiger partial charge in [-0.05, 0) is 67.2 Å². The van der Waals surface area contributed by atoms with Crippen molar-refractivity contribution in [1.29, 1.82) is 0 Å². The van der Waals surface area contributed by atoms with Crippen molar-refractivity contribution in [2.75, 3.05) is 6.61 Å². The first-order valence-electron chi connectivity index (χ1n) is 11.0. The van der Waals surface area contributed by atoms with Crippen LogP contribution in [-0.4, -0.2) is 45.2 Å². The summed E-state index contributed by atoms with van der Waals surface area (Å²) in [6, 6.07) is 0. The maximum Gasteiger partial charge on any atom is 0.336 e. The number of rotatable bonds is 11. The lowest BCUT2D eigenvalue weighted by atomic mass is 9.59. The lowest BCUT2D eigenvalue weighted by molar-refractivity contribution is -0.390. The lowest BCUT2D eigenvalue weighted by Crippen LogP contribution is -2.60. The predicted molar refractivity (Wildman–Crippen MR) is 120 cm³/mol. The molecule has 0 aromatic heterocycles. The van der Waals surface area contributed by atoms with Crippen molar-refractivity contribution >= 4 is 5.97 Å². The molecular weight excluding hydrogens is 384 g/mol. The van der Waals surface area contributed by atoms with Gasteiger partial charge < -0.3 is 14.9 Å². The second kappa shape index (κ2) is 9.05. The zero-order valence-electron chi connectivity index (χ0n) is 21.9. The normalized spacial score (nSPS) is 18.3. The standard InChI is InChI=1S/C24H48O6/c1-16(2)23(13,19(5,6)26)21(9,10)29-18(25)15-28-30-22(11,12)24(14,17(3)4)20(7,8)27/h16-17,26-27H,15H2,1-14H3. The van der Waals surface area contributed by atoms with Crippen LogP contribution in [0.4, 0.5) is 0 Å². The van der Waals surface area contributed by atoms with Crippen LogP contribution in [0.2, 0.25) is 0 Å². The van der Waals surface area contributed by atoms with Gasteiger partial charge in [-0.25, -0.2) is 14.6 Å². The van der Waals surface area contributed by atoms with Crippen LogP contribution >= 0.6 is 0 Å². The molecule has 0 aliphatic carbocycles. The Morgan fingerprint density at radius 2 is 1.03 bits per heavy atom. The van der Waals surface area contributed by atoms with Crippen LogP contribution in [0.1, 0.15) is 96.9 Å². The van der Waals surface area contributed by atoms with E-state index in [4.69, 9.17) is 14.5 Å². The lowest BCUT2D eigenvalue weighted by Gasteiger charge is -2.53. The van der Waals surface area contributed by atoms with Crippen molar-refractivity contribution in [3.63, 3.8) is 0 Å². The summed E-state index contributed by atoms with van der Waals surface area (Å²) in [6.07, 6.45) is 0. The van der Waals surface area contributed by atoms with Crippen molar-refractivity contribution in [2.45, 2.75) is 119 Å². The number of carbonyl (C=O) groups excluding carboxylic acids is 1. The molecule has 0 radical (unpaired) electrons. The van der Waals surface area contributed by atoms with Gasteiger partial charge in [-0.15, -0.1) is 0 Å². The Balaban J connectivity index is 5.33. The molecule has 2 atom stereocenters. The highest BCUT2D eigenvalue weighted by molar-refractivity contribution is 5.71. The van der Waals surface area contributed by atoms with Crippen LogP contribution in [-0.2, 0) is 19.3 Å². The number of esters is 1. The van der Waals surface area contributed by atoms with E-state index in [0.717, 1.165) is 0 Å². The fourth-order valence-electron chi connectivity index (χ4n) is 5.01. The van der Waals surface area contributed by atoms with Gasteiger partial charge in [0.25, 0.3) is 0 Å². The van der Waals surface area contributed by atoms with E-state index in [-0.39, 0.29) is 11.8 Å². The van der Waals surface area contributed by atoms with Gasteiger partial charge in [0.2, 0.25) is 0 Å². The van der Waals surface area contributed by atoms with Crippen molar-refractivity contribution in [2.24, 2.45) is 22.7 Å². The molecule has 0 bridgehead atoms. The van der Waals surface area contributed by atoms with E-state index in [9.17, 15) is 15.0 Å². The number of hydrogen-bond donors (Lipinski definition) is 2. The summed E-state index contributed by atoms with van der Waals surface area (Å²) >= 11 is 0. The molecule has 0 amide bonds. The summed E-state index contributed by atoms with van der Waals surface area (Å²) in [5.74, 6) is -0.447. The minimum Gasteiger partial charge on any atom is -0.457 e. The highest BCUT2D eigenvalue weighted by atomic mass is 17.2. The molecule has 2 N–H and O–H groups in total. The number of ether oxygens (including phenoxy) is 1. The third kappa shape index (κ3) is 5.37. The summed E-state index contributed by atoms with van der Waals surface area (Å²) in [4.78, 5) is 23.5. The highest BCUT2D eigenvalue weighted by Crippen LogP contribution is 2.50. The SMILES string of the molecule is CC(C)C(C)(C(C)(C)O)C(C)(C)OOCC(=O)OC(C)(C)C(C)(C(C)C)C(C)(C)O. The van der Waals surface area contributed by atoms with Crippen molar-refractivity contribution in [1.82, 2.24) is 0 Å². The number of carbonyl (C=O) groups is 1. The molecule has 180 valence electrons. The first-order chi connectivity index (χ1) is 13.0. The maximum absolute atomic E-state index is 12.6. The smallest absolute Gasteiger partial charge is 0.336 e. The molecule has 0 aliphatic heterocycles. The average molecular weight is 433 g/mol. The van der Waals surface area contributed by atoms with Crippen molar-refractivity contribution in [3.05, 3.63) is 0 Å². The van der Waals surface area contributed by atoms with Gasteiger partial charge >= 0.3 is 5.97 Å². The Bertz CT molecular complexity index is 579. The van der Waals surface area contributed by atoms with Crippen LogP contribution in [0, 0.1) is 22.7 Å². The third-order valence-electron chi connectivity index (χ3n) is 8.17. The highest BCUT2D eigenvalue weighted by Gasteiger charge is 2.56. The van der Waals surface area contributed by atoms with Crippen LogP contribution in [0.5, 0.6) is 0 Å². The van der Waals surface area contributed by atoms with E-state index >= 15 is 0 Å². The molecule has 0 heterocycles. The molecule has 0 saturated heterocycles. The fraction of sp³-hybridized carbons (Fsp3) is 0.958. The van der Waals surface area contributed by atoms with Gasteiger partial charge in [0.05, 0.1) is 11.2 Å². The molecule has 0 aliphatic rings. The molecule has 0 rings (SSSR count). The second-order valence-corrected chi connectivity index (χ2v) is 11.7. The zero-order valence-corrected chi connectivity index (χ0v) is 21.9. The van der Waals surface area contributed by atoms with Gasteiger partial charge in [-0.2, -0.15) is 0 Å². The van der Waals surface area contributed by atoms with Crippen molar-refractivity contribution in [3.8, 4) is 0 Å². The summed E-state index contributed by atoms with van der Waals surface area (Å²) in [5, 5.41) is 21.6. The van der Waals surface area contributed by atoms with E-state index in [0.29, 0.717) is 0 Å². The molecule has 0 fully saturated rings. The first kappa shape index (κ1) is 29.3.